The Labute approximate surface area is 58.1 Å². The number of aromatic nitrogens is 3. The minimum Gasteiger partial charge on any atom is -0.139 e. The fourth-order valence-corrected chi connectivity index (χ4v) is 0.205. The van der Waals surface area contributed by atoms with Crippen LogP contribution in [0.15, 0.2) is 18.5 Å². The van der Waals surface area contributed by atoms with E-state index in [1.54, 1.807) is 18.5 Å². The van der Waals surface area contributed by atoms with E-state index in [-0.39, 0.29) is 23.9 Å². The van der Waals surface area contributed by atoms with Crippen LogP contribution in [0.1, 0.15) is 0 Å². The second-order valence-electron chi connectivity index (χ2n) is 0.811. The molecule has 1 aromatic heterocycles. The molecule has 0 unspecified atom stereocenters. The summed E-state index contributed by atoms with van der Waals surface area (Å²) >= 11 is 0. The number of hydrogen-bond donors (Lipinski definition) is 0. The maximum Gasteiger partial charge on any atom is 0.0529 e. The fourth-order valence-electron chi connectivity index (χ4n) is 0.205. The van der Waals surface area contributed by atoms with Crippen molar-refractivity contribution in [1.29, 1.82) is 0 Å². The van der Waals surface area contributed by atoms with E-state index in [0.29, 0.717) is 0 Å². The molecule has 1 rings (SSSR count). The molecule has 1 heterocycles. The summed E-state index contributed by atoms with van der Waals surface area (Å²) < 4.78 is 0. The molecular weight excluding hydrogens is 197 g/mol. The quantitative estimate of drug-likeness (QED) is 0.478. The zero-order valence-electron chi connectivity index (χ0n) is 3.07. The van der Waals surface area contributed by atoms with E-state index in [9.17, 15) is 0 Å². The van der Waals surface area contributed by atoms with Gasteiger partial charge in [0.25, 0.3) is 0 Å². The molecule has 1 aromatic rings. The average Bonchev–Trinajstić information content (AvgIpc) is 1.72. The number of nitrogens with zero attached hydrogens (tertiary/aromatic N) is 3. The van der Waals surface area contributed by atoms with Crippen molar-refractivity contribution in [3.05, 3.63) is 18.5 Å². The molecule has 0 aliphatic heterocycles. The van der Waals surface area contributed by atoms with Crippen LogP contribution in [0.5, 0.6) is 0 Å². The van der Waals surface area contributed by atoms with Crippen LogP contribution in [0.2, 0.25) is 0 Å². The molecular formula is C3H7N3Sn. The molecule has 7 heavy (non-hydrogen) atoms. The monoisotopic (exact) mass is 205 g/mol. The van der Waals surface area contributed by atoms with E-state index in [2.05, 4.69) is 15.4 Å². The molecule has 0 atom stereocenters. The predicted octanol–water partition coefficient (Wildman–Crippen LogP) is -1.58. The zero-order chi connectivity index (χ0) is 4.24. The summed E-state index contributed by atoms with van der Waals surface area (Å²) in [7, 11) is 0. The van der Waals surface area contributed by atoms with E-state index >= 15 is 0 Å². The molecule has 0 radical (unpaired) electrons. The Morgan fingerprint density at radius 2 is 1.57 bits per heavy atom. The van der Waals surface area contributed by atoms with Crippen molar-refractivity contribution in [2.75, 3.05) is 0 Å². The Bertz CT molecular complexity index is 82.1. The van der Waals surface area contributed by atoms with Crippen molar-refractivity contribution in [2.24, 2.45) is 0 Å². The average molecular weight is 204 g/mol. The van der Waals surface area contributed by atoms with Crippen molar-refractivity contribution < 1.29 is 0 Å². The van der Waals surface area contributed by atoms with Gasteiger partial charge in [0.2, 0.25) is 0 Å². The first-order chi connectivity index (χ1) is 3.00. The third-order valence-electron chi connectivity index (χ3n) is 0.409. The normalized spacial score (nSPS) is 6.86. The van der Waals surface area contributed by atoms with Crippen molar-refractivity contribution in [3.63, 3.8) is 0 Å². The second kappa shape index (κ2) is 3.98. The van der Waals surface area contributed by atoms with E-state index in [0.717, 1.165) is 0 Å². The van der Waals surface area contributed by atoms with Crippen LogP contribution < -0.4 is 0 Å². The summed E-state index contributed by atoms with van der Waals surface area (Å²) in [4.78, 5) is 0. The van der Waals surface area contributed by atoms with E-state index in [1.807, 2.05) is 0 Å². The minimum atomic E-state index is 0. The summed E-state index contributed by atoms with van der Waals surface area (Å²) in [6.45, 7) is 0. The van der Waals surface area contributed by atoms with E-state index in [4.69, 9.17) is 0 Å². The van der Waals surface area contributed by atoms with Gasteiger partial charge in [-0.15, -0.1) is 10.2 Å². The first kappa shape index (κ1) is 6.81. The molecule has 0 amide bonds. The van der Waals surface area contributed by atoms with Crippen LogP contribution in [-0.4, -0.2) is 39.3 Å². The zero-order valence-corrected chi connectivity index (χ0v) is 3.07. The van der Waals surface area contributed by atoms with Gasteiger partial charge in [-0.05, 0) is 11.3 Å². The van der Waals surface area contributed by atoms with Gasteiger partial charge in [-0.3, -0.25) is 0 Å². The van der Waals surface area contributed by atoms with E-state index < -0.39 is 0 Å². The number of hydrogen-bond acceptors (Lipinski definition) is 3. The van der Waals surface area contributed by atoms with Crippen LogP contribution >= 0.6 is 0 Å². The van der Waals surface area contributed by atoms with Gasteiger partial charge in [0.15, 0.2) is 0 Å². The number of rotatable bonds is 0. The van der Waals surface area contributed by atoms with Gasteiger partial charge in [0.1, 0.15) is 0 Å². The molecule has 0 N–H and O–H groups in total. The molecule has 0 bridgehead atoms. The SMILES string of the molecule is [SnH4].c1cnnnc1. The summed E-state index contributed by atoms with van der Waals surface area (Å²) in [5.74, 6) is 0. The topological polar surface area (TPSA) is 38.7 Å². The second-order valence-corrected chi connectivity index (χ2v) is 0.811. The minimum absolute atomic E-state index is 0. The summed E-state index contributed by atoms with van der Waals surface area (Å²) in [5.41, 5.74) is 0. The first-order valence-electron chi connectivity index (χ1n) is 1.58. The Morgan fingerprint density at radius 1 is 1.00 bits per heavy atom. The fraction of sp³-hybridized carbons (Fsp3) is 0. The van der Waals surface area contributed by atoms with Crippen molar-refractivity contribution in [3.8, 4) is 0 Å². The van der Waals surface area contributed by atoms with Crippen LogP contribution in [0, 0.1) is 0 Å². The maximum absolute atomic E-state index is 3.42. The summed E-state index contributed by atoms with van der Waals surface area (Å²) in [6.07, 6.45) is 3.15. The van der Waals surface area contributed by atoms with Crippen molar-refractivity contribution >= 4 is 23.9 Å². The van der Waals surface area contributed by atoms with Gasteiger partial charge in [-0.2, -0.15) is 0 Å². The molecule has 3 nitrogen and oxygen atoms in total. The van der Waals surface area contributed by atoms with Gasteiger partial charge in [0, 0.05) is 0 Å². The molecule has 0 saturated carbocycles. The standard InChI is InChI=1S/C3H3N3.Sn.4H/c1-2-4-6-5-3-1;;;;;/h1-3H;;;;;. The molecule has 0 aliphatic rings. The van der Waals surface area contributed by atoms with Crippen LogP contribution in [0.3, 0.4) is 0 Å². The van der Waals surface area contributed by atoms with Crippen molar-refractivity contribution in [1.82, 2.24) is 15.4 Å². The molecule has 0 spiro atoms. The first-order valence-corrected chi connectivity index (χ1v) is 1.58. The Balaban J connectivity index is 0.000000360. The molecule has 4 heteroatoms. The Morgan fingerprint density at radius 3 is 1.71 bits per heavy atom. The third-order valence-corrected chi connectivity index (χ3v) is 0.409. The summed E-state index contributed by atoms with van der Waals surface area (Å²) in [6, 6.07) is 1.72. The predicted molar refractivity (Wildman–Crippen MR) is 31.2 cm³/mol. The van der Waals surface area contributed by atoms with Crippen LogP contribution in [0.4, 0.5) is 0 Å². The van der Waals surface area contributed by atoms with Gasteiger partial charge in [0.05, 0.1) is 12.4 Å². The smallest absolute Gasteiger partial charge is 0.0529 e. The van der Waals surface area contributed by atoms with Gasteiger partial charge >= 0.3 is 23.9 Å². The molecule has 38 valence electrons. The van der Waals surface area contributed by atoms with Gasteiger partial charge < -0.3 is 0 Å². The maximum atomic E-state index is 3.42. The van der Waals surface area contributed by atoms with Gasteiger partial charge in [-0.1, -0.05) is 0 Å². The molecule has 0 fully saturated rings. The van der Waals surface area contributed by atoms with Crippen molar-refractivity contribution in [2.45, 2.75) is 0 Å². The molecule has 0 aliphatic carbocycles. The molecule has 0 saturated heterocycles. The Hall–Kier alpha value is -0.191. The van der Waals surface area contributed by atoms with Gasteiger partial charge in [-0.25, -0.2) is 0 Å². The Kier molecular flexibility index (Phi) is 3.87. The largest absolute Gasteiger partial charge is 0.139 e. The molecule has 0 aromatic carbocycles. The van der Waals surface area contributed by atoms with Crippen LogP contribution in [-0.2, 0) is 0 Å². The third kappa shape index (κ3) is 2.50. The van der Waals surface area contributed by atoms with Crippen LogP contribution in [0.25, 0.3) is 0 Å². The van der Waals surface area contributed by atoms with E-state index in [1.165, 1.54) is 0 Å². The summed E-state index contributed by atoms with van der Waals surface area (Å²) in [5, 5.41) is 10.1.